The van der Waals surface area contributed by atoms with Crippen molar-refractivity contribution in [3.05, 3.63) is 59.5 Å². The van der Waals surface area contributed by atoms with Crippen LogP contribution in [0.25, 0.3) is 11.4 Å². The molecule has 37 heavy (non-hydrogen) atoms. The first kappa shape index (κ1) is 26.7. The third kappa shape index (κ3) is 6.49. The topological polar surface area (TPSA) is 89.7 Å². The number of hydrogen-bond acceptors (Lipinski definition) is 7. The van der Waals surface area contributed by atoms with Crippen molar-refractivity contribution in [3.63, 3.8) is 0 Å². The standard InChI is InChI=1S/C29H38N4O4/c1-19(20-7-10-23(11-8-20)29(2,3)4)30-28(34)21-13-15-33(16-14-21)18-26-31-27(32-37-26)22-9-12-24(35-5)25(17-22)36-6/h7-12,17,19,21H,13-16,18H2,1-6H3,(H,30,34). The molecule has 198 valence electrons. The van der Waals surface area contributed by atoms with Crippen LogP contribution in [-0.4, -0.2) is 48.3 Å². The Morgan fingerprint density at radius 3 is 2.38 bits per heavy atom. The number of carbonyl (C=O) groups excluding carboxylic acids is 1. The lowest BCUT2D eigenvalue weighted by atomic mass is 9.86. The van der Waals surface area contributed by atoms with Crippen LogP contribution in [0.2, 0.25) is 0 Å². The predicted octanol–water partition coefficient (Wildman–Crippen LogP) is 5.14. The summed E-state index contributed by atoms with van der Waals surface area (Å²) in [5, 5.41) is 7.34. The Kier molecular flexibility index (Phi) is 8.17. The summed E-state index contributed by atoms with van der Waals surface area (Å²) in [6.07, 6.45) is 1.61. The second kappa shape index (κ2) is 11.3. The van der Waals surface area contributed by atoms with E-state index in [0.717, 1.165) is 37.1 Å². The fraction of sp³-hybridized carbons (Fsp3) is 0.483. The van der Waals surface area contributed by atoms with Crippen molar-refractivity contribution < 1.29 is 18.8 Å². The number of benzene rings is 2. The van der Waals surface area contributed by atoms with Gasteiger partial charge in [0, 0.05) is 11.5 Å². The molecule has 8 nitrogen and oxygen atoms in total. The van der Waals surface area contributed by atoms with Crippen LogP contribution in [0.15, 0.2) is 47.0 Å². The minimum atomic E-state index is -0.0204. The van der Waals surface area contributed by atoms with Gasteiger partial charge in [0.05, 0.1) is 26.8 Å². The summed E-state index contributed by atoms with van der Waals surface area (Å²) in [6.45, 7) is 10.8. The van der Waals surface area contributed by atoms with Crippen LogP contribution in [0, 0.1) is 5.92 Å². The number of hydrogen-bond donors (Lipinski definition) is 1. The van der Waals surface area contributed by atoms with E-state index in [1.165, 1.54) is 5.56 Å². The molecule has 0 saturated carbocycles. The van der Waals surface area contributed by atoms with Gasteiger partial charge in [-0.25, -0.2) is 0 Å². The van der Waals surface area contributed by atoms with Crippen molar-refractivity contribution in [2.75, 3.05) is 27.3 Å². The van der Waals surface area contributed by atoms with Crippen LogP contribution in [-0.2, 0) is 16.8 Å². The highest BCUT2D eigenvalue weighted by Gasteiger charge is 2.27. The van der Waals surface area contributed by atoms with E-state index in [9.17, 15) is 4.79 Å². The first-order valence-corrected chi connectivity index (χ1v) is 12.9. The van der Waals surface area contributed by atoms with Gasteiger partial charge in [-0.15, -0.1) is 0 Å². The molecule has 1 fully saturated rings. The third-order valence-corrected chi connectivity index (χ3v) is 7.06. The van der Waals surface area contributed by atoms with E-state index in [0.29, 0.717) is 29.8 Å². The Balaban J connectivity index is 1.27. The Morgan fingerprint density at radius 1 is 1.08 bits per heavy atom. The average Bonchev–Trinajstić information content (AvgIpc) is 3.36. The number of rotatable bonds is 8. The zero-order valence-corrected chi connectivity index (χ0v) is 22.7. The molecule has 1 N–H and O–H groups in total. The molecule has 0 bridgehead atoms. The van der Waals surface area contributed by atoms with Gasteiger partial charge < -0.3 is 19.3 Å². The number of carbonyl (C=O) groups is 1. The Hall–Kier alpha value is -3.39. The number of likely N-dealkylation sites (tertiary alicyclic amines) is 1. The second-order valence-electron chi connectivity index (χ2n) is 10.7. The predicted molar refractivity (Wildman–Crippen MR) is 143 cm³/mol. The molecular weight excluding hydrogens is 468 g/mol. The minimum Gasteiger partial charge on any atom is -0.493 e. The molecule has 8 heteroatoms. The van der Waals surface area contributed by atoms with Gasteiger partial charge >= 0.3 is 0 Å². The van der Waals surface area contributed by atoms with E-state index in [4.69, 9.17) is 14.0 Å². The summed E-state index contributed by atoms with van der Waals surface area (Å²) < 4.78 is 16.2. The lowest BCUT2D eigenvalue weighted by molar-refractivity contribution is -0.127. The molecule has 2 aromatic carbocycles. The summed E-state index contributed by atoms with van der Waals surface area (Å²) in [5.41, 5.74) is 3.33. The molecule has 1 aromatic heterocycles. The maximum absolute atomic E-state index is 12.9. The first-order valence-electron chi connectivity index (χ1n) is 12.9. The monoisotopic (exact) mass is 506 g/mol. The molecule has 1 atom stereocenters. The van der Waals surface area contributed by atoms with E-state index in [1.807, 2.05) is 25.1 Å². The number of piperidine rings is 1. The van der Waals surface area contributed by atoms with Gasteiger partial charge in [0.1, 0.15) is 0 Å². The van der Waals surface area contributed by atoms with E-state index in [2.05, 4.69) is 65.4 Å². The highest BCUT2D eigenvalue weighted by atomic mass is 16.5. The van der Waals surface area contributed by atoms with Gasteiger partial charge in [-0.3, -0.25) is 9.69 Å². The molecule has 0 aliphatic carbocycles. The highest BCUT2D eigenvalue weighted by molar-refractivity contribution is 5.79. The average molecular weight is 507 g/mol. The van der Waals surface area contributed by atoms with Crippen molar-refractivity contribution >= 4 is 5.91 Å². The second-order valence-corrected chi connectivity index (χ2v) is 10.7. The zero-order chi connectivity index (χ0) is 26.6. The van der Waals surface area contributed by atoms with Crippen LogP contribution < -0.4 is 14.8 Å². The van der Waals surface area contributed by atoms with Gasteiger partial charge in [-0.2, -0.15) is 4.98 Å². The number of aromatic nitrogens is 2. The van der Waals surface area contributed by atoms with Crippen LogP contribution in [0.5, 0.6) is 11.5 Å². The maximum atomic E-state index is 12.9. The van der Waals surface area contributed by atoms with Gasteiger partial charge in [0.25, 0.3) is 0 Å². The summed E-state index contributed by atoms with van der Waals surface area (Å²) in [7, 11) is 3.20. The summed E-state index contributed by atoms with van der Waals surface area (Å²) in [6, 6.07) is 14.1. The molecule has 4 rings (SSSR count). The van der Waals surface area contributed by atoms with Gasteiger partial charge in [0.2, 0.25) is 17.6 Å². The summed E-state index contributed by atoms with van der Waals surface area (Å²) in [4.78, 5) is 19.8. The molecule has 3 aromatic rings. The lowest BCUT2D eigenvalue weighted by Crippen LogP contribution is -2.41. The number of nitrogens with zero attached hydrogens (tertiary/aromatic N) is 3. The zero-order valence-electron chi connectivity index (χ0n) is 22.7. The van der Waals surface area contributed by atoms with Crippen molar-refractivity contribution in [3.8, 4) is 22.9 Å². The van der Waals surface area contributed by atoms with Crippen molar-refractivity contribution in [2.45, 2.75) is 58.5 Å². The van der Waals surface area contributed by atoms with Crippen molar-refractivity contribution in [1.29, 1.82) is 0 Å². The molecule has 1 saturated heterocycles. The Morgan fingerprint density at radius 2 is 1.76 bits per heavy atom. The molecule has 1 aliphatic rings. The third-order valence-electron chi connectivity index (χ3n) is 7.06. The molecule has 0 radical (unpaired) electrons. The van der Waals surface area contributed by atoms with Crippen molar-refractivity contribution in [1.82, 2.24) is 20.4 Å². The van der Waals surface area contributed by atoms with E-state index in [1.54, 1.807) is 14.2 Å². The molecule has 1 aliphatic heterocycles. The molecule has 1 unspecified atom stereocenters. The Labute approximate surface area is 219 Å². The molecule has 1 amide bonds. The number of methoxy groups -OCH3 is 2. The minimum absolute atomic E-state index is 0.0116. The molecule has 2 heterocycles. The van der Waals surface area contributed by atoms with Gasteiger partial charge in [-0.05, 0) is 67.6 Å². The first-order chi connectivity index (χ1) is 17.7. The van der Waals surface area contributed by atoms with Crippen LogP contribution in [0.3, 0.4) is 0 Å². The highest BCUT2D eigenvalue weighted by Crippen LogP contribution is 2.31. The fourth-order valence-electron chi connectivity index (χ4n) is 4.64. The van der Waals surface area contributed by atoms with Crippen molar-refractivity contribution in [2.24, 2.45) is 5.92 Å². The van der Waals surface area contributed by atoms with Crippen LogP contribution in [0.1, 0.15) is 63.6 Å². The smallest absolute Gasteiger partial charge is 0.241 e. The Bertz CT molecular complexity index is 1190. The molecule has 0 spiro atoms. The van der Waals surface area contributed by atoms with E-state index < -0.39 is 0 Å². The number of nitrogens with one attached hydrogen (secondary N) is 1. The largest absolute Gasteiger partial charge is 0.493 e. The van der Waals surface area contributed by atoms with Gasteiger partial charge in [0.15, 0.2) is 11.5 Å². The lowest BCUT2D eigenvalue weighted by Gasteiger charge is -2.31. The van der Waals surface area contributed by atoms with Gasteiger partial charge in [-0.1, -0.05) is 50.2 Å². The summed E-state index contributed by atoms with van der Waals surface area (Å²) >= 11 is 0. The number of amides is 1. The van der Waals surface area contributed by atoms with E-state index >= 15 is 0 Å². The normalized spacial score (nSPS) is 15.8. The SMILES string of the molecule is COc1ccc(-c2noc(CN3CCC(C(=O)NC(C)c4ccc(C(C)(C)C)cc4)CC3)n2)cc1OC. The van der Waals surface area contributed by atoms with Crippen LogP contribution in [0.4, 0.5) is 0 Å². The molecular formula is C29H38N4O4. The van der Waals surface area contributed by atoms with Crippen LogP contribution >= 0.6 is 0 Å². The van der Waals surface area contributed by atoms with E-state index in [-0.39, 0.29) is 23.3 Å². The quantitative estimate of drug-likeness (QED) is 0.452. The summed E-state index contributed by atoms with van der Waals surface area (Å²) in [5.74, 6) is 2.46. The maximum Gasteiger partial charge on any atom is 0.241 e. The number of ether oxygens (including phenoxy) is 2. The fourth-order valence-corrected chi connectivity index (χ4v) is 4.64.